The van der Waals surface area contributed by atoms with Crippen molar-refractivity contribution in [1.29, 1.82) is 0 Å². The first-order valence-corrected chi connectivity index (χ1v) is 9.57. The van der Waals surface area contributed by atoms with Crippen molar-refractivity contribution in [3.8, 4) is 0 Å². The van der Waals surface area contributed by atoms with Crippen molar-refractivity contribution in [1.82, 2.24) is 5.32 Å². The summed E-state index contributed by atoms with van der Waals surface area (Å²) in [5.41, 5.74) is 3.55. The summed E-state index contributed by atoms with van der Waals surface area (Å²) in [5, 5.41) is 6.27. The molecule has 0 bridgehead atoms. The second-order valence-corrected chi connectivity index (χ2v) is 7.61. The summed E-state index contributed by atoms with van der Waals surface area (Å²) in [4.78, 5) is 11.0. The van der Waals surface area contributed by atoms with E-state index in [-0.39, 0.29) is 5.54 Å². The normalized spacial score (nSPS) is 11.6. The molecule has 1 N–H and O–H groups in total. The standard InChI is InChI=1S/C25H31NO/c1-20(2)13-16-25(15-8-18-27,17-14-21(3)4)26-19-23-11-7-10-22-9-5-6-12-24(22)23/h5-15,18,26H,16-17,19H2,1-4H3/b15-8+. The lowest BCUT2D eigenvalue weighted by molar-refractivity contribution is -0.104. The van der Waals surface area contributed by atoms with Crippen molar-refractivity contribution >= 4 is 17.1 Å². The number of hydrogen-bond donors (Lipinski definition) is 1. The molecule has 0 aliphatic rings. The van der Waals surface area contributed by atoms with Gasteiger partial charge in [0.05, 0.1) is 0 Å². The van der Waals surface area contributed by atoms with Gasteiger partial charge in [-0.1, -0.05) is 71.8 Å². The fraction of sp³-hybridized carbons (Fsp3) is 0.320. The predicted molar refractivity (Wildman–Crippen MR) is 117 cm³/mol. The van der Waals surface area contributed by atoms with Crippen LogP contribution in [0, 0.1) is 0 Å². The second kappa shape index (κ2) is 10.0. The Bertz CT molecular complexity index is 824. The molecule has 0 heterocycles. The van der Waals surface area contributed by atoms with Gasteiger partial charge in [0, 0.05) is 12.1 Å². The average Bonchev–Trinajstić information content (AvgIpc) is 2.66. The Morgan fingerprint density at radius 3 is 2.19 bits per heavy atom. The molecule has 142 valence electrons. The highest BCUT2D eigenvalue weighted by Gasteiger charge is 2.24. The molecule has 0 amide bonds. The summed E-state index contributed by atoms with van der Waals surface area (Å²) >= 11 is 0. The largest absolute Gasteiger partial charge is 0.303 e. The number of hydrogen-bond acceptors (Lipinski definition) is 2. The van der Waals surface area contributed by atoms with Gasteiger partial charge in [-0.15, -0.1) is 0 Å². The monoisotopic (exact) mass is 361 g/mol. The number of nitrogens with one attached hydrogen (secondary N) is 1. The van der Waals surface area contributed by atoms with Crippen LogP contribution in [-0.4, -0.2) is 11.8 Å². The van der Waals surface area contributed by atoms with Gasteiger partial charge in [-0.05, 0) is 62.9 Å². The maximum atomic E-state index is 11.0. The third kappa shape index (κ3) is 6.33. The van der Waals surface area contributed by atoms with Crippen LogP contribution in [0.15, 0.2) is 77.9 Å². The van der Waals surface area contributed by atoms with Crippen LogP contribution in [0.25, 0.3) is 10.8 Å². The Morgan fingerprint density at radius 2 is 1.56 bits per heavy atom. The number of rotatable bonds is 9. The lowest BCUT2D eigenvalue weighted by atomic mass is 9.88. The summed E-state index contributed by atoms with van der Waals surface area (Å²) < 4.78 is 0. The quantitative estimate of drug-likeness (QED) is 0.330. The fourth-order valence-electron chi connectivity index (χ4n) is 3.14. The molecular weight excluding hydrogens is 330 g/mol. The average molecular weight is 362 g/mol. The van der Waals surface area contributed by atoms with Crippen molar-refractivity contribution < 1.29 is 4.79 Å². The van der Waals surface area contributed by atoms with Crippen LogP contribution in [-0.2, 0) is 11.3 Å². The fourth-order valence-corrected chi connectivity index (χ4v) is 3.14. The molecule has 0 aliphatic carbocycles. The highest BCUT2D eigenvalue weighted by Crippen LogP contribution is 2.24. The molecule has 2 aromatic rings. The van der Waals surface area contributed by atoms with Crippen LogP contribution >= 0.6 is 0 Å². The lowest BCUT2D eigenvalue weighted by Gasteiger charge is -2.31. The molecule has 0 saturated carbocycles. The van der Waals surface area contributed by atoms with Crippen molar-refractivity contribution in [3.63, 3.8) is 0 Å². The Labute approximate surface area is 163 Å². The van der Waals surface area contributed by atoms with Gasteiger partial charge in [-0.3, -0.25) is 4.79 Å². The summed E-state index contributed by atoms with van der Waals surface area (Å²) in [6.45, 7) is 9.19. The molecule has 0 radical (unpaired) electrons. The number of allylic oxidation sites excluding steroid dienone is 3. The minimum absolute atomic E-state index is 0.285. The molecule has 0 aliphatic heterocycles. The van der Waals surface area contributed by atoms with Crippen molar-refractivity contribution in [2.24, 2.45) is 0 Å². The lowest BCUT2D eigenvalue weighted by Crippen LogP contribution is -2.42. The number of carbonyl (C=O) groups is 1. The van der Waals surface area contributed by atoms with Crippen LogP contribution in [0.3, 0.4) is 0 Å². The molecule has 0 unspecified atom stereocenters. The highest BCUT2D eigenvalue weighted by molar-refractivity contribution is 5.85. The van der Waals surface area contributed by atoms with Gasteiger partial charge in [-0.2, -0.15) is 0 Å². The maximum absolute atomic E-state index is 11.0. The van der Waals surface area contributed by atoms with Crippen molar-refractivity contribution in [2.75, 3.05) is 0 Å². The smallest absolute Gasteiger partial charge is 0.142 e. The third-order valence-corrected chi connectivity index (χ3v) is 4.75. The van der Waals surface area contributed by atoms with Gasteiger partial charge in [0.1, 0.15) is 6.29 Å². The van der Waals surface area contributed by atoms with Gasteiger partial charge >= 0.3 is 0 Å². The predicted octanol–water partition coefficient (Wildman–Crippen LogP) is 6.14. The van der Waals surface area contributed by atoms with E-state index in [0.29, 0.717) is 0 Å². The molecule has 27 heavy (non-hydrogen) atoms. The van der Waals surface area contributed by atoms with Gasteiger partial charge < -0.3 is 5.32 Å². The van der Waals surface area contributed by atoms with E-state index in [1.165, 1.54) is 27.5 Å². The number of aldehydes is 1. The van der Waals surface area contributed by atoms with Crippen molar-refractivity contribution in [3.05, 3.63) is 83.5 Å². The Hall–Kier alpha value is -2.45. The van der Waals surface area contributed by atoms with Crippen LogP contribution in [0.2, 0.25) is 0 Å². The van der Waals surface area contributed by atoms with Gasteiger partial charge in [0.2, 0.25) is 0 Å². The van der Waals surface area contributed by atoms with Crippen molar-refractivity contribution in [2.45, 2.75) is 52.6 Å². The van der Waals surface area contributed by atoms with E-state index >= 15 is 0 Å². The zero-order valence-corrected chi connectivity index (χ0v) is 17.0. The number of fused-ring (bicyclic) bond motifs is 1. The van der Waals surface area contributed by atoms with Gasteiger partial charge in [0.25, 0.3) is 0 Å². The Morgan fingerprint density at radius 1 is 0.926 bits per heavy atom. The molecule has 2 heteroatoms. The first-order chi connectivity index (χ1) is 13.0. The van der Waals surface area contributed by atoms with E-state index in [1.807, 2.05) is 6.08 Å². The first-order valence-electron chi connectivity index (χ1n) is 9.57. The Balaban J connectivity index is 2.35. The van der Waals surface area contributed by atoms with Crippen LogP contribution in [0.4, 0.5) is 0 Å². The molecule has 0 saturated heterocycles. The second-order valence-electron chi connectivity index (χ2n) is 7.61. The zero-order valence-electron chi connectivity index (χ0n) is 17.0. The van der Waals surface area contributed by atoms with Crippen LogP contribution in [0.5, 0.6) is 0 Å². The highest BCUT2D eigenvalue weighted by atomic mass is 16.1. The minimum atomic E-state index is -0.285. The van der Waals surface area contributed by atoms with E-state index in [2.05, 4.69) is 87.6 Å². The van der Waals surface area contributed by atoms with E-state index in [1.54, 1.807) is 6.08 Å². The molecule has 0 aromatic heterocycles. The zero-order chi connectivity index (χ0) is 19.7. The molecule has 2 nitrogen and oxygen atoms in total. The topological polar surface area (TPSA) is 29.1 Å². The SMILES string of the molecule is CC(C)=CCC(/C=C/C=O)(CC=C(C)C)NCc1cccc2ccccc12. The first kappa shape index (κ1) is 20.9. The molecule has 0 spiro atoms. The number of benzene rings is 2. The summed E-state index contributed by atoms with van der Waals surface area (Å²) in [6.07, 6.45) is 10.7. The molecule has 2 aromatic carbocycles. The molecular formula is C25H31NO. The Kier molecular flexibility index (Phi) is 7.75. The van der Waals surface area contributed by atoms with E-state index in [4.69, 9.17) is 0 Å². The summed E-state index contributed by atoms with van der Waals surface area (Å²) in [6, 6.07) is 14.9. The van der Waals surface area contributed by atoms with Crippen LogP contribution in [0.1, 0.15) is 46.1 Å². The van der Waals surface area contributed by atoms with Crippen LogP contribution < -0.4 is 5.32 Å². The molecule has 2 rings (SSSR count). The van der Waals surface area contributed by atoms with E-state index in [9.17, 15) is 4.79 Å². The summed E-state index contributed by atoms with van der Waals surface area (Å²) in [5.74, 6) is 0. The minimum Gasteiger partial charge on any atom is -0.303 e. The van der Waals surface area contributed by atoms with E-state index < -0.39 is 0 Å². The maximum Gasteiger partial charge on any atom is 0.142 e. The summed E-state index contributed by atoms with van der Waals surface area (Å²) in [7, 11) is 0. The van der Waals surface area contributed by atoms with Gasteiger partial charge in [-0.25, -0.2) is 0 Å². The third-order valence-electron chi connectivity index (χ3n) is 4.75. The number of carbonyl (C=O) groups excluding carboxylic acids is 1. The molecule has 0 atom stereocenters. The van der Waals surface area contributed by atoms with Gasteiger partial charge in [0.15, 0.2) is 0 Å². The van der Waals surface area contributed by atoms with E-state index in [0.717, 1.165) is 25.7 Å². The molecule has 0 fully saturated rings.